The van der Waals surface area contributed by atoms with Gasteiger partial charge in [-0.25, -0.2) is 0 Å². The van der Waals surface area contributed by atoms with Gasteiger partial charge in [-0.05, 0) is 19.2 Å². The van der Waals surface area contributed by atoms with Gasteiger partial charge in [0.05, 0.1) is 12.2 Å². The monoisotopic (exact) mass is 295 g/mol. The molecule has 0 aliphatic rings. The normalized spacial score (nSPS) is 14.3. The van der Waals surface area contributed by atoms with E-state index in [4.69, 9.17) is 0 Å². The Morgan fingerprint density at radius 2 is 2.21 bits per heavy atom. The van der Waals surface area contributed by atoms with Gasteiger partial charge in [-0.3, -0.25) is 4.79 Å². The summed E-state index contributed by atoms with van der Waals surface area (Å²) in [6.45, 7) is 1.98. The van der Waals surface area contributed by atoms with Gasteiger partial charge in [0.1, 0.15) is 0 Å². The lowest BCUT2D eigenvalue weighted by molar-refractivity contribution is 0.0938. The van der Waals surface area contributed by atoms with E-state index in [1.165, 1.54) is 0 Å². The summed E-state index contributed by atoms with van der Waals surface area (Å²) in [5, 5.41) is 15.1. The first-order valence-electron chi connectivity index (χ1n) is 6.08. The quantitative estimate of drug-likeness (QED) is 0.892. The van der Waals surface area contributed by atoms with Gasteiger partial charge in [0.2, 0.25) is 0 Å². The molecule has 0 aliphatic heterocycles. The molecule has 5 heteroatoms. The van der Waals surface area contributed by atoms with Crippen LogP contribution in [0.4, 0.5) is 0 Å². The Balaban J connectivity index is 2.16. The minimum absolute atomic E-state index is 0.0221. The summed E-state index contributed by atoms with van der Waals surface area (Å²) >= 11 is 3.13. The van der Waals surface area contributed by atoms with Gasteiger partial charge in [0.15, 0.2) is 0 Å². The van der Waals surface area contributed by atoms with Crippen LogP contribution in [0.5, 0.6) is 0 Å². The van der Waals surface area contributed by atoms with Crippen molar-refractivity contribution in [3.63, 3.8) is 0 Å². The molecular formula is C14H17NO2S2. The third-order valence-corrected chi connectivity index (χ3v) is 5.25. The number of fused-ring (bicyclic) bond motifs is 1. The van der Waals surface area contributed by atoms with Gasteiger partial charge in [0, 0.05) is 26.8 Å². The second-order valence-electron chi connectivity index (χ2n) is 4.36. The topological polar surface area (TPSA) is 49.3 Å². The van der Waals surface area contributed by atoms with E-state index in [-0.39, 0.29) is 23.8 Å². The van der Waals surface area contributed by atoms with Gasteiger partial charge in [-0.1, -0.05) is 18.2 Å². The van der Waals surface area contributed by atoms with Crippen molar-refractivity contribution in [1.29, 1.82) is 0 Å². The lowest BCUT2D eigenvalue weighted by atomic mass is 10.1. The van der Waals surface area contributed by atoms with Gasteiger partial charge in [0.25, 0.3) is 5.91 Å². The van der Waals surface area contributed by atoms with E-state index in [1.807, 2.05) is 42.8 Å². The lowest BCUT2D eigenvalue weighted by Crippen LogP contribution is -2.41. The number of rotatable bonds is 5. The molecular weight excluding hydrogens is 278 g/mol. The van der Waals surface area contributed by atoms with E-state index in [1.54, 1.807) is 23.1 Å². The summed E-state index contributed by atoms with van der Waals surface area (Å²) in [6.07, 6.45) is 1.93. The summed E-state index contributed by atoms with van der Waals surface area (Å²) in [7, 11) is 0. The van der Waals surface area contributed by atoms with Crippen molar-refractivity contribution in [3.8, 4) is 0 Å². The van der Waals surface area contributed by atoms with Crippen LogP contribution in [0.2, 0.25) is 0 Å². The molecule has 19 heavy (non-hydrogen) atoms. The zero-order valence-corrected chi connectivity index (χ0v) is 12.6. The molecule has 0 spiro atoms. The van der Waals surface area contributed by atoms with Gasteiger partial charge >= 0.3 is 0 Å². The SMILES string of the molecule is CSC(CO)C(C)NC(=O)c1csc2ccccc12. The predicted octanol–water partition coefficient (Wildman–Crippen LogP) is 2.74. The largest absolute Gasteiger partial charge is 0.395 e. The zero-order chi connectivity index (χ0) is 13.8. The summed E-state index contributed by atoms with van der Waals surface area (Å²) in [4.78, 5) is 12.3. The molecule has 1 amide bonds. The summed E-state index contributed by atoms with van der Waals surface area (Å²) in [6, 6.07) is 7.82. The van der Waals surface area contributed by atoms with Crippen LogP contribution in [-0.4, -0.2) is 35.2 Å². The third-order valence-electron chi connectivity index (χ3n) is 3.12. The van der Waals surface area contributed by atoms with Crippen LogP contribution in [0.25, 0.3) is 10.1 Å². The number of carbonyl (C=O) groups excluding carboxylic acids is 1. The van der Waals surface area contributed by atoms with Crippen molar-refractivity contribution in [1.82, 2.24) is 5.32 Å². The van der Waals surface area contributed by atoms with Crippen molar-refractivity contribution < 1.29 is 9.90 Å². The molecule has 0 saturated carbocycles. The summed E-state index contributed by atoms with van der Waals surface area (Å²) < 4.78 is 1.11. The average molecular weight is 295 g/mol. The summed E-state index contributed by atoms with van der Waals surface area (Å²) in [5.41, 5.74) is 0.713. The fraction of sp³-hybridized carbons (Fsp3) is 0.357. The molecule has 1 aromatic carbocycles. The maximum atomic E-state index is 12.3. The minimum Gasteiger partial charge on any atom is -0.395 e. The fourth-order valence-corrected chi connectivity index (χ4v) is 3.53. The van der Waals surface area contributed by atoms with E-state index in [0.717, 1.165) is 10.1 Å². The molecule has 2 atom stereocenters. The Bertz CT molecular complexity index is 563. The standard InChI is InChI=1S/C14H17NO2S2/c1-9(13(7-16)18-2)15-14(17)11-8-19-12-6-4-3-5-10(11)12/h3-6,8-9,13,16H,7H2,1-2H3,(H,15,17). The highest BCUT2D eigenvalue weighted by atomic mass is 32.2. The average Bonchev–Trinajstić information content (AvgIpc) is 2.84. The first kappa shape index (κ1) is 14.4. The summed E-state index contributed by atoms with van der Waals surface area (Å²) in [5.74, 6) is -0.0718. The maximum Gasteiger partial charge on any atom is 0.253 e. The molecule has 0 bridgehead atoms. The van der Waals surface area contributed by atoms with E-state index < -0.39 is 0 Å². The number of nitrogens with one attached hydrogen (secondary N) is 1. The van der Waals surface area contributed by atoms with E-state index >= 15 is 0 Å². The van der Waals surface area contributed by atoms with Gasteiger partial charge < -0.3 is 10.4 Å². The number of aliphatic hydroxyl groups excluding tert-OH is 1. The van der Waals surface area contributed by atoms with Crippen LogP contribution >= 0.6 is 23.1 Å². The first-order chi connectivity index (χ1) is 9.17. The predicted molar refractivity (Wildman–Crippen MR) is 83.1 cm³/mol. The smallest absolute Gasteiger partial charge is 0.253 e. The molecule has 102 valence electrons. The number of amides is 1. The highest BCUT2D eigenvalue weighted by molar-refractivity contribution is 7.99. The van der Waals surface area contributed by atoms with Crippen LogP contribution < -0.4 is 5.32 Å². The van der Waals surface area contributed by atoms with Crippen LogP contribution in [-0.2, 0) is 0 Å². The Labute approximate surface area is 121 Å². The van der Waals surface area contributed by atoms with Crippen LogP contribution in [0.1, 0.15) is 17.3 Å². The second-order valence-corrected chi connectivity index (χ2v) is 6.35. The lowest BCUT2D eigenvalue weighted by Gasteiger charge is -2.21. The van der Waals surface area contributed by atoms with Crippen molar-refractivity contribution >= 4 is 39.1 Å². The van der Waals surface area contributed by atoms with Gasteiger partial charge in [-0.15, -0.1) is 11.3 Å². The minimum atomic E-state index is -0.0718. The maximum absolute atomic E-state index is 12.3. The second kappa shape index (κ2) is 6.41. The Hall–Kier alpha value is -1.04. The van der Waals surface area contributed by atoms with Crippen molar-refractivity contribution in [3.05, 3.63) is 35.2 Å². The molecule has 1 heterocycles. The van der Waals surface area contributed by atoms with Crippen molar-refractivity contribution in [2.24, 2.45) is 0 Å². The molecule has 0 radical (unpaired) electrons. The molecule has 2 aromatic rings. The van der Waals surface area contributed by atoms with Crippen LogP contribution in [0, 0.1) is 0 Å². The van der Waals surface area contributed by atoms with Crippen LogP contribution in [0.15, 0.2) is 29.6 Å². The molecule has 2 rings (SSSR count). The highest BCUT2D eigenvalue weighted by Crippen LogP contribution is 2.25. The first-order valence-corrected chi connectivity index (χ1v) is 8.25. The Kier molecular flexibility index (Phi) is 4.85. The van der Waals surface area contributed by atoms with E-state index in [9.17, 15) is 9.90 Å². The van der Waals surface area contributed by atoms with Crippen LogP contribution in [0.3, 0.4) is 0 Å². The number of thioether (sulfide) groups is 1. The molecule has 3 nitrogen and oxygen atoms in total. The number of aliphatic hydroxyl groups is 1. The van der Waals surface area contributed by atoms with Gasteiger partial charge in [-0.2, -0.15) is 11.8 Å². The zero-order valence-electron chi connectivity index (χ0n) is 10.9. The number of thiophene rings is 1. The number of hydrogen-bond acceptors (Lipinski definition) is 4. The Morgan fingerprint density at radius 3 is 2.89 bits per heavy atom. The van der Waals surface area contributed by atoms with E-state index in [2.05, 4.69) is 5.32 Å². The van der Waals surface area contributed by atoms with Crippen molar-refractivity contribution in [2.45, 2.75) is 18.2 Å². The Morgan fingerprint density at radius 1 is 1.47 bits per heavy atom. The molecule has 1 aromatic heterocycles. The number of carbonyl (C=O) groups is 1. The molecule has 0 aliphatic carbocycles. The molecule has 0 saturated heterocycles. The fourth-order valence-electron chi connectivity index (χ4n) is 1.97. The van der Waals surface area contributed by atoms with E-state index in [0.29, 0.717) is 5.56 Å². The van der Waals surface area contributed by atoms with Crippen molar-refractivity contribution in [2.75, 3.05) is 12.9 Å². The third kappa shape index (κ3) is 3.11. The molecule has 2 N–H and O–H groups in total. The molecule has 0 fully saturated rings. The number of hydrogen-bond donors (Lipinski definition) is 2. The number of benzene rings is 1. The highest BCUT2D eigenvalue weighted by Gasteiger charge is 2.19. The molecule has 2 unspecified atom stereocenters.